The van der Waals surface area contributed by atoms with Crippen LogP contribution in [0.15, 0.2) is 36.5 Å². The number of aromatic nitrogens is 3. The molecule has 1 aromatic heterocycles. The van der Waals surface area contributed by atoms with Gasteiger partial charge in [0.25, 0.3) is 5.91 Å². The van der Waals surface area contributed by atoms with E-state index in [9.17, 15) is 4.79 Å². The molecule has 5 nitrogen and oxygen atoms in total. The maximum atomic E-state index is 12.6. The zero-order valence-electron chi connectivity index (χ0n) is 13.0. The monoisotopic (exact) mass is 298 g/mol. The highest BCUT2D eigenvalue weighted by Crippen LogP contribution is 2.22. The summed E-state index contributed by atoms with van der Waals surface area (Å²) in [5, 5.41) is 8.55. The second-order valence-corrected chi connectivity index (χ2v) is 5.92. The van der Waals surface area contributed by atoms with Gasteiger partial charge in [0.1, 0.15) is 0 Å². The molecule has 22 heavy (non-hydrogen) atoms. The van der Waals surface area contributed by atoms with Crippen LogP contribution in [0.3, 0.4) is 0 Å². The van der Waals surface area contributed by atoms with E-state index in [4.69, 9.17) is 0 Å². The van der Waals surface area contributed by atoms with Gasteiger partial charge in [0.05, 0.1) is 11.9 Å². The summed E-state index contributed by atoms with van der Waals surface area (Å²) >= 11 is 0. The number of para-hydroxylation sites is 1. The first-order valence-electron chi connectivity index (χ1n) is 8.00. The molecule has 0 bridgehead atoms. The smallest absolute Gasteiger partial charge is 0.276 e. The summed E-state index contributed by atoms with van der Waals surface area (Å²) in [4.78, 5) is 16.0. The molecule has 0 saturated heterocycles. The van der Waals surface area contributed by atoms with Crippen molar-refractivity contribution in [3.63, 3.8) is 0 Å². The summed E-state index contributed by atoms with van der Waals surface area (Å²) < 4.78 is 0. The van der Waals surface area contributed by atoms with Gasteiger partial charge in [-0.1, -0.05) is 43.9 Å². The minimum atomic E-state index is -0.0333. The first kappa shape index (κ1) is 14.8. The topological polar surface area (TPSA) is 51.0 Å². The normalized spacial score (nSPS) is 16.2. The van der Waals surface area contributed by atoms with E-state index in [-0.39, 0.29) is 5.91 Å². The fourth-order valence-corrected chi connectivity index (χ4v) is 3.04. The molecule has 1 amide bonds. The molecule has 0 atom stereocenters. The molecule has 1 saturated carbocycles. The molecule has 2 aromatic rings. The van der Waals surface area contributed by atoms with Crippen LogP contribution >= 0.6 is 0 Å². The van der Waals surface area contributed by atoms with Crippen molar-refractivity contribution in [3.8, 4) is 5.69 Å². The lowest BCUT2D eigenvalue weighted by atomic mass is 10.1. The van der Waals surface area contributed by atoms with Crippen LogP contribution in [-0.2, 0) is 0 Å². The third-order valence-corrected chi connectivity index (χ3v) is 4.39. The van der Waals surface area contributed by atoms with Crippen LogP contribution in [-0.4, -0.2) is 38.9 Å². The summed E-state index contributed by atoms with van der Waals surface area (Å²) in [6.07, 6.45) is 8.72. The van der Waals surface area contributed by atoms with Crippen molar-refractivity contribution in [2.24, 2.45) is 0 Å². The van der Waals surface area contributed by atoms with E-state index in [1.165, 1.54) is 30.5 Å². The van der Waals surface area contributed by atoms with Crippen LogP contribution in [0.1, 0.15) is 49.0 Å². The van der Waals surface area contributed by atoms with E-state index in [0.717, 1.165) is 18.5 Å². The highest BCUT2D eigenvalue weighted by atomic mass is 16.2. The minimum Gasteiger partial charge on any atom is -0.337 e. The van der Waals surface area contributed by atoms with E-state index < -0.39 is 0 Å². The SMILES string of the molecule is CN(C(=O)c1cnn(-c2ccccc2)n1)C1CCCCCC1. The van der Waals surface area contributed by atoms with Gasteiger partial charge in [-0.3, -0.25) is 4.79 Å². The maximum absolute atomic E-state index is 12.6. The number of carbonyl (C=O) groups is 1. The molecular formula is C17H22N4O. The molecule has 1 aromatic carbocycles. The number of hydrogen-bond donors (Lipinski definition) is 0. The number of amides is 1. The number of benzene rings is 1. The Labute approximate surface area is 130 Å². The van der Waals surface area contributed by atoms with Crippen LogP contribution in [0, 0.1) is 0 Å². The van der Waals surface area contributed by atoms with Crippen LogP contribution in [0.2, 0.25) is 0 Å². The van der Waals surface area contributed by atoms with Gasteiger partial charge in [-0.25, -0.2) is 0 Å². The van der Waals surface area contributed by atoms with Crippen molar-refractivity contribution >= 4 is 5.91 Å². The van der Waals surface area contributed by atoms with Gasteiger partial charge in [0.15, 0.2) is 5.69 Å². The molecule has 0 unspecified atom stereocenters. The van der Waals surface area contributed by atoms with Crippen molar-refractivity contribution < 1.29 is 4.79 Å². The highest BCUT2D eigenvalue weighted by Gasteiger charge is 2.24. The van der Waals surface area contributed by atoms with E-state index in [2.05, 4.69) is 10.2 Å². The van der Waals surface area contributed by atoms with Crippen LogP contribution in [0.5, 0.6) is 0 Å². The summed E-state index contributed by atoms with van der Waals surface area (Å²) in [6.45, 7) is 0. The average molecular weight is 298 g/mol. The Morgan fingerprint density at radius 1 is 1.14 bits per heavy atom. The fraction of sp³-hybridized carbons (Fsp3) is 0.471. The van der Waals surface area contributed by atoms with E-state index in [1.54, 1.807) is 6.20 Å². The summed E-state index contributed by atoms with van der Waals surface area (Å²) in [5.41, 5.74) is 1.27. The second-order valence-electron chi connectivity index (χ2n) is 5.92. The van der Waals surface area contributed by atoms with Gasteiger partial charge in [0, 0.05) is 13.1 Å². The first-order chi connectivity index (χ1) is 10.8. The van der Waals surface area contributed by atoms with Gasteiger partial charge in [-0.15, -0.1) is 5.10 Å². The summed E-state index contributed by atoms with van der Waals surface area (Å²) in [6, 6.07) is 9.97. The molecule has 0 radical (unpaired) electrons. The lowest BCUT2D eigenvalue weighted by Crippen LogP contribution is -2.37. The Morgan fingerprint density at radius 3 is 2.50 bits per heavy atom. The first-order valence-corrected chi connectivity index (χ1v) is 8.00. The number of nitrogens with zero attached hydrogens (tertiary/aromatic N) is 4. The van der Waals surface area contributed by atoms with Gasteiger partial charge >= 0.3 is 0 Å². The van der Waals surface area contributed by atoms with Crippen LogP contribution in [0.25, 0.3) is 5.69 Å². The molecular weight excluding hydrogens is 276 g/mol. The van der Waals surface area contributed by atoms with Crippen molar-refractivity contribution in [2.75, 3.05) is 7.05 Å². The molecule has 1 aliphatic rings. The standard InChI is InChI=1S/C17H22N4O/c1-20(14-9-5-2-3-6-10-14)17(22)16-13-18-21(19-16)15-11-7-4-8-12-15/h4,7-8,11-14H,2-3,5-6,9-10H2,1H3. The third-order valence-electron chi connectivity index (χ3n) is 4.39. The quantitative estimate of drug-likeness (QED) is 0.818. The van der Waals surface area contributed by atoms with Gasteiger partial charge in [-0.2, -0.15) is 9.90 Å². The van der Waals surface area contributed by atoms with E-state index >= 15 is 0 Å². The molecule has 116 valence electrons. The predicted octanol–water partition coefficient (Wildman–Crippen LogP) is 3.06. The predicted molar refractivity (Wildman–Crippen MR) is 84.9 cm³/mol. The van der Waals surface area contributed by atoms with Gasteiger partial charge < -0.3 is 4.90 Å². The summed E-state index contributed by atoms with van der Waals surface area (Å²) in [7, 11) is 1.89. The van der Waals surface area contributed by atoms with Crippen molar-refractivity contribution in [2.45, 2.75) is 44.6 Å². The summed E-state index contributed by atoms with van der Waals surface area (Å²) in [5.74, 6) is -0.0333. The maximum Gasteiger partial charge on any atom is 0.276 e. The van der Waals surface area contributed by atoms with Crippen LogP contribution in [0.4, 0.5) is 0 Å². The molecule has 0 aliphatic heterocycles. The molecule has 3 rings (SSSR count). The number of carbonyl (C=O) groups excluding carboxylic acids is 1. The van der Waals surface area contributed by atoms with Crippen molar-refractivity contribution in [1.29, 1.82) is 0 Å². The zero-order valence-corrected chi connectivity index (χ0v) is 13.0. The number of rotatable bonds is 3. The molecule has 1 aliphatic carbocycles. The van der Waals surface area contributed by atoms with E-state index in [0.29, 0.717) is 11.7 Å². The average Bonchev–Trinajstić information content (AvgIpc) is 2.90. The Balaban J connectivity index is 1.73. The molecule has 0 spiro atoms. The molecule has 5 heteroatoms. The number of hydrogen-bond acceptors (Lipinski definition) is 3. The third kappa shape index (κ3) is 3.18. The lowest BCUT2D eigenvalue weighted by Gasteiger charge is -2.26. The minimum absolute atomic E-state index is 0.0333. The lowest BCUT2D eigenvalue weighted by molar-refractivity contribution is 0.0711. The van der Waals surface area contributed by atoms with Crippen molar-refractivity contribution in [1.82, 2.24) is 19.9 Å². The Hall–Kier alpha value is -2.17. The zero-order chi connectivity index (χ0) is 15.4. The Kier molecular flexibility index (Phi) is 4.51. The van der Waals surface area contributed by atoms with Gasteiger partial charge in [0.2, 0.25) is 0 Å². The largest absolute Gasteiger partial charge is 0.337 e. The van der Waals surface area contributed by atoms with Gasteiger partial charge in [-0.05, 0) is 25.0 Å². The highest BCUT2D eigenvalue weighted by molar-refractivity contribution is 5.92. The van der Waals surface area contributed by atoms with Crippen molar-refractivity contribution in [3.05, 3.63) is 42.2 Å². The fourth-order valence-electron chi connectivity index (χ4n) is 3.04. The Bertz CT molecular complexity index is 615. The molecule has 0 N–H and O–H groups in total. The van der Waals surface area contributed by atoms with E-state index in [1.807, 2.05) is 42.3 Å². The molecule has 1 fully saturated rings. The Morgan fingerprint density at radius 2 is 1.82 bits per heavy atom. The molecule has 1 heterocycles. The van der Waals surface area contributed by atoms with Crippen LogP contribution < -0.4 is 0 Å². The second kappa shape index (κ2) is 6.73.